The van der Waals surface area contributed by atoms with Crippen LogP contribution in [0.3, 0.4) is 0 Å². The summed E-state index contributed by atoms with van der Waals surface area (Å²) in [6.45, 7) is 5.99. The van der Waals surface area contributed by atoms with Crippen LogP contribution in [-0.4, -0.2) is 26.3 Å². The number of methoxy groups -OCH3 is 1. The van der Waals surface area contributed by atoms with Crippen LogP contribution in [0.15, 0.2) is 24.3 Å². The number of ether oxygens (including phenoxy) is 2. The van der Waals surface area contributed by atoms with Crippen LogP contribution in [-0.2, 0) is 10.3 Å². The van der Waals surface area contributed by atoms with Crippen molar-refractivity contribution in [3.63, 3.8) is 0 Å². The van der Waals surface area contributed by atoms with Gasteiger partial charge in [-0.15, -0.1) is 0 Å². The van der Waals surface area contributed by atoms with E-state index in [-0.39, 0.29) is 11.7 Å². The Morgan fingerprint density at radius 2 is 2.06 bits per heavy atom. The summed E-state index contributed by atoms with van der Waals surface area (Å²) < 4.78 is 11.2. The van der Waals surface area contributed by atoms with Gasteiger partial charge in [0.05, 0.1) is 13.2 Å². The average Bonchev–Trinajstić information content (AvgIpc) is 2.29. The first-order chi connectivity index (χ1) is 7.64. The van der Waals surface area contributed by atoms with Gasteiger partial charge in [0.1, 0.15) is 11.4 Å². The maximum absolute atomic E-state index is 6.03. The molecule has 0 saturated carbocycles. The third-order valence-corrected chi connectivity index (χ3v) is 3.06. The maximum atomic E-state index is 6.03. The van der Waals surface area contributed by atoms with Crippen LogP contribution in [0.1, 0.15) is 19.4 Å². The summed E-state index contributed by atoms with van der Waals surface area (Å²) in [4.78, 5) is 0. The minimum Gasteiger partial charge on any atom is -0.497 e. The standard InChI is InChI=1S/C13H19NO2/c1-10-8-14-9-13(2,16-10)11-4-6-12(15-3)7-5-11/h4-7,10,14H,8-9H2,1-3H3. The summed E-state index contributed by atoms with van der Waals surface area (Å²) in [6, 6.07) is 8.09. The average molecular weight is 221 g/mol. The lowest BCUT2D eigenvalue weighted by atomic mass is 9.94. The van der Waals surface area contributed by atoms with E-state index in [9.17, 15) is 0 Å². The zero-order valence-corrected chi connectivity index (χ0v) is 10.1. The quantitative estimate of drug-likeness (QED) is 0.827. The lowest BCUT2D eigenvalue weighted by Gasteiger charge is -2.38. The lowest BCUT2D eigenvalue weighted by molar-refractivity contribution is -0.102. The predicted octanol–water partition coefficient (Wildman–Crippen LogP) is 1.92. The maximum Gasteiger partial charge on any atom is 0.118 e. The fraction of sp³-hybridized carbons (Fsp3) is 0.538. The molecule has 0 aromatic heterocycles. The Bertz CT molecular complexity index is 349. The summed E-state index contributed by atoms with van der Waals surface area (Å²) in [5.74, 6) is 0.879. The molecular weight excluding hydrogens is 202 g/mol. The fourth-order valence-electron chi connectivity index (χ4n) is 2.16. The Kier molecular flexibility index (Phi) is 3.17. The van der Waals surface area contributed by atoms with Gasteiger partial charge in [0.2, 0.25) is 0 Å². The topological polar surface area (TPSA) is 30.5 Å². The van der Waals surface area contributed by atoms with E-state index in [1.807, 2.05) is 12.1 Å². The van der Waals surface area contributed by atoms with E-state index in [0.29, 0.717) is 0 Å². The van der Waals surface area contributed by atoms with Crippen molar-refractivity contribution in [1.82, 2.24) is 5.32 Å². The van der Waals surface area contributed by atoms with E-state index < -0.39 is 0 Å². The van der Waals surface area contributed by atoms with Gasteiger partial charge in [-0.3, -0.25) is 0 Å². The highest BCUT2D eigenvalue weighted by Crippen LogP contribution is 2.29. The SMILES string of the molecule is COc1ccc(C2(C)CNCC(C)O2)cc1. The molecule has 0 bridgehead atoms. The van der Waals surface area contributed by atoms with Gasteiger partial charge in [-0.2, -0.15) is 0 Å². The van der Waals surface area contributed by atoms with Crippen LogP contribution in [0.25, 0.3) is 0 Å². The molecule has 1 saturated heterocycles. The monoisotopic (exact) mass is 221 g/mol. The van der Waals surface area contributed by atoms with Crippen molar-refractivity contribution in [1.29, 1.82) is 0 Å². The molecule has 1 N–H and O–H groups in total. The molecule has 1 aliphatic rings. The number of nitrogens with one attached hydrogen (secondary N) is 1. The molecule has 88 valence electrons. The van der Waals surface area contributed by atoms with Gasteiger partial charge in [-0.05, 0) is 31.5 Å². The second-order valence-corrected chi connectivity index (χ2v) is 4.52. The van der Waals surface area contributed by atoms with Crippen molar-refractivity contribution in [2.75, 3.05) is 20.2 Å². The minimum absolute atomic E-state index is 0.232. The normalized spacial score (nSPS) is 30.1. The molecule has 1 aliphatic heterocycles. The number of rotatable bonds is 2. The second-order valence-electron chi connectivity index (χ2n) is 4.52. The molecule has 2 unspecified atom stereocenters. The number of benzene rings is 1. The van der Waals surface area contributed by atoms with Crippen LogP contribution in [0.5, 0.6) is 5.75 Å². The van der Waals surface area contributed by atoms with Gasteiger partial charge in [0.15, 0.2) is 0 Å². The van der Waals surface area contributed by atoms with Crippen molar-refractivity contribution in [2.24, 2.45) is 0 Å². The summed E-state index contributed by atoms with van der Waals surface area (Å²) in [5, 5.41) is 3.40. The molecule has 0 amide bonds. The Morgan fingerprint density at radius 3 is 2.62 bits per heavy atom. The molecule has 1 heterocycles. The fourth-order valence-corrected chi connectivity index (χ4v) is 2.16. The highest BCUT2D eigenvalue weighted by molar-refractivity contribution is 5.31. The molecule has 0 aliphatic carbocycles. The summed E-state index contributed by atoms with van der Waals surface area (Å²) >= 11 is 0. The molecule has 2 rings (SSSR count). The molecule has 0 radical (unpaired) electrons. The van der Waals surface area contributed by atoms with Gasteiger partial charge in [-0.25, -0.2) is 0 Å². The molecule has 1 aromatic rings. The van der Waals surface area contributed by atoms with E-state index in [2.05, 4.69) is 31.3 Å². The number of hydrogen-bond acceptors (Lipinski definition) is 3. The Hall–Kier alpha value is -1.06. The van der Waals surface area contributed by atoms with Gasteiger partial charge in [-0.1, -0.05) is 12.1 Å². The molecule has 1 aromatic carbocycles. The van der Waals surface area contributed by atoms with Crippen molar-refractivity contribution in [2.45, 2.75) is 25.6 Å². The first kappa shape index (κ1) is 11.4. The molecule has 1 fully saturated rings. The predicted molar refractivity (Wildman–Crippen MR) is 63.8 cm³/mol. The summed E-state index contributed by atoms with van der Waals surface area (Å²) in [7, 11) is 1.68. The first-order valence-electron chi connectivity index (χ1n) is 5.67. The van der Waals surface area contributed by atoms with Gasteiger partial charge in [0.25, 0.3) is 0 Å². The molecule has 0 spiro atoms. The molecular formula is C13H19NO2. The van der Waals surface area contributed by atoms with Crippen LogP contribution in [0.4, 0.5) is 0 Å². The van der Waals surface area contributed by atoms with E-state index >= 15 is 0 Å². The van der Waals surface area contributed by atoms with Crippen molar-refractivity contribution >= 4 is 0 Å². The second kappa shape index (κ2) is 4.44. The zero-order chi connectivity index (χ0) is 11.6. The number of hydrogen-bond donors (Lipinski definition) is 1. The molecule has 3 nitrogen and oxygen atoms in total. The van der Waals surface area contributed by atoms with Gasteiger partial charge >= 0.3 is 0 Å². The lowest BCUT2D eigenvalue weighted by Crippen LogP contribution is -2.49. The largest absolute Gasteiger partial charge is 0.497 e. The van der Waals surface area contributed by atoms with Crippen LogP contribution >= 0.6 is 0 Å². The zero-order valence-electron chi connectivity index (χ0n) is 10.1. The van der Waals surface area contributed by atoms with E-state index in [0.717, 1.165) is 18.8 Å². The van der Waals surface area contributed by atoms with Crippen LogP contribution < -0.4 is 10.1 Å². The first-order valence-corrected chi connectivity index (χ1v) is 5.67. The Balaban J connectivity index is 2.20. The summed E-state index contributed by atoms with van der Waals surface area (Å²) in [6.07, 6.45) is 0.251. The van der Waals surface area contributed by atoms with E-state index in [1.165, 1.54) is 5.56 Å². The smallest absolute Gasteiger partial charge is 0.118 e. The highest BCUT2D eigenvalue weighted by atomic mass is 16.5. The van der Waals surface area contributed by atoms with Gasteiger partial charge < -0.3 is 14.8 Å². The van der Waals surface area contributed by atoms with Crippen LogP contribution in [0.2, 0.25) is 0 Å². The van der Waals surface area contributed by atoms with E-state index in [1.54, 1.807) is 7.11 Å². The Morgan fingerprint density at radius 1 is 1.38 bits per heavy atom. The Labute approximate surface area is 96.8 Å². The van der Waals surface area contributed by atoms with Crippen LogP contribution in [0, 0.1) is 0 Å². The molecule has 16 heavy (non-hydrogen) atoms. The van der Waals surface area contributed by atoms with Crippen molar-refractivity contribution in [3.05, 3.63) is 29.8 Å². The third kappa shape index (κ3) is 2.20. The minimum atomic E-state index is -0.232. The molecule has 2 atom stereocenters. The summed E-state index contributed by atoms with van der Waals surface area (Å²) in [5.41, 5.74) is 0.955. The highest BCUT2D eigenvalue weighted by Gasteiger charge is 2.32. The van der Waals surface area contributed by atoms with Gasteiger partial charge in [0, 0.05) is 13.1 Å². The third-order valence-electron chi connectivity index (χ3n) is 3.06. The number of morpholine rings is 1. The molecule has 3 heteroatoms. The van der Waals surface area contributed by atoms with Crippen molar-refractivity contribution < 1.29 is 9.47 Å². The van der Waals surface area contributed by atoms with E-state index in [4.69, 9.17) is 9.47 Å². The van der Waals surface area contributed by atoms with Crippen molar-refractivity contribution in [3.8, 4) is 5.75 Å².